The lowest BCUT2D eigenvalue weighted by atomic mass is 10.2. The van der Waals surface area contributed by atoms with Crippen molar-refractivity contribution in [1.29, 1.82) is 0 Å². The second-order valence-electron chi connectivity index (χ2n) is 2.99. The number of rotatable bonds is 5. The summed E-state index contributed by atoms with van der Waals surface area (Å²) in [6.07, 6.45) is 2.62. The van der Waals surface area contributed by atoms with Crippen LogP contribution in [0.3, 0.4) is 0 Å². The molecule has 0 aromatic rings. The summed E-state index contributed by atoms with van der Waals surface area (Å²) in [6.45, 7) is 1.36. The van der Waals surface area contributed by atoms with Crippen LogP contribution in [-0.2, 0) is 9.53 Å². The molecule has 0 aromatic carbocycles. The molecule has 0 spiro atoms. The number of carboxylic acids is 1. The van der Waals surface area contributed by atoms with Crippen LogP contribution in [0.1, 0.15) is 13.3 Å². The highest BCUT2D eigenvalue weighted by atomic mass is 35.6. The van der Waals surface area contributed by atoms with Gasteiger partial charge in [-0.3, -0.25) is 0 Å². The molecular weight excluding hydrogens is 292 g/mol. The molecule has 8 heteroatoms. The van der Waals surface area contributed by atoms with Crippen molar-refractivity contribution in [3.05, 3.63) is 12.2 Å². The second kappa shape index (κ2) is 7.63. The molecule has 0 aliphatic carbocycles. The number of hydrogen-bond acceptors (Lipinski definition) is 3. The number of carbonyl (C=O) groups excluding carboxylic acids is 1. The third kappa shape index (κ3) is 9.09. The van der Waals surface area contributed by atoms with E-state index in [2.05, 4.69) is 10.1 Å². The van der Waals surface area contributed by atoms with Crippen molar-refractivity contribution in [2.45, 2.75) is 23.2 Å². The monoisotopic (exact) mass is 303 g/mol. The van der Waals surface area contributed by atoms with Crippen molar-refractivity contribution in [2.75, 3.05) is 6.61 Å². The first-order valence-corrected chi connectivity index (χ1v) is 5.79. The molecule has 98 valence electrons. The number of carbonyl (C=O) groups is 2. The molecule has 1 amide bonds. The van der Waals surface area contributed by atoms with Crippen LogP contribution in [-0.4, -0.2) is 33.6 Å². The second-order valence-corrected chi connectivity index (χ2v) is 5.50. The first kappa shape index (κ1) is 16.4. The van der Waals surface area contributed by atoms with Gasteiger partial charge in [0, 0.05) is 0 Å². The van der Waals surface area contributed by atoms with Crippen molar-refractivity contribution in [3.63, 3.8) is 0 Å². The number of ether oxygens (including phenoxy) is 1. The van der Waals surface area contributed by atoms with Gasteiger partial charge in [-0.1, -0.05) is 53.9 Å². The molecule has 2 N–H and O–H groups in total. The van der Waals surface area contributed by atoms with Gasteiger partial charge < -0.3 is 15.2 Å². The van der Waals surface area contributed by atoms with Crippen LogP contribution in [0.2, 0.25) is 0 Å². The van der Waals surface area contributed by atoms with E-state index in [9.17, 15) is 9.59 Å². The molecule has 0 saturated heterocycles. The maximum Gasteiger partial charge on any atom is 0.408 e. The number of hydrogen-bond donors (Lipinski definition) is 2. The van der Waals surface area contributed by atoms with E-state index in [0.29, 0.717) is 6.42 Å². The Morgan fingerprint density at radius 3 is 2.47 bits per heavy atom. The summed E-state index contributed by atoms with van der Waals surface area (Å²) in [5, 5.41) is 10.9. The lowest BCUT2D eigenvalue weighted by molar-refractivity contribution is -0.138. The molecular formula is C9H12Cl3NO4. The fourth-order valence-electron chi connectivity index (χ4n) is 0.780. The van der Waals surface area contributed by atoms with Crippen LogP contribution < -0.4 is 5.32 Å². The third-order valence-electron chi connectivity index (χ3n) is 1.47. The lowest BCUT2D eigenvalue weighted by Gasteiger charge is -2.14. The number of alkyl halides is 3. The van der Waals surface area contributed by atoms with E-state index in [1.807, 2.05) is 6.92 Å². The minimum absolute atomic E-state index is 0.465. The van der Waals surface area contributed by atoms with E-state index in [4.69, 9.17) is 39.9 Å². The third-order valence-corrected chi connectivity index (χ3v) is 1.80. The fourth-order valence-corrected chi connectivity index (χ4v) is 0.944. The van der Waals surface area contributed by atoms with Gasteiger partial charge in [-0.2, -0.15) is 0 Å². The summed E-state index contributed by atoms with van der Waals surface area (Å²) in [7, 11) is 0. The van der Waals surface area contributed by atoms with E-state index in [1.54, 1.807) is 6.08 Å². The van der Waals surface area contributed by atoms with Gasteiger partial charge in [0.2, 0.25) is 3.79 Å². The quantitative estimate of drug-likeness (QED) is 0.604. The van der Waals surface area contributed by atoms with E-state index < -0.39 is 28.5 Å². The molecule has 0 heterocycles. The van der Waals surface area contributed by atoms with Gasteiger partial charge >= 0.3 is 12.1 Å². The normalized spacial score (nSPS) is 13.4. The van der Waals surface area contributed by atoms with Crippen LogP contribution in [0.15, 0.2) is 12.2 Å². The largest absolute Gasteiger partial charge is 0.479 e. The van der Waals surface area contributed by atoms with Crippen LogP contribution in [0.5, 0.6) is 0 Å². The van der Waals surface area contributed by atoms with Gasteiger partial charge in [0.15, 0.2) is 0 Å². The van der Waals surface area contributed by atoms with Crippen LogP contribution >= 0.6 is 34.8 Å². The highest BCUT2D eigenvalue weighted by Crippen LogP contribution is 2.25. The number of alkyl carbamates (subject to hydrolysis) is 1. The molecule has 0 aromatic heterocycles. The number of carboxylic acid groups (broad SMARTS) is 1. The SMILES string of the molecule is CC/C=C/C(NC(=O)OCC(Cl)(Cl)Cl)C(=O)O. The summed E-state index contributed by atoms with van der Waals surface area (Å²) < 4.78 is 2.80. The Morgan fingerprint density at radius 2 is 2.06 bits per heavy atom. The Labute approximate surface area is 114 Å². The fraction of sp³-hybridized carbons (Fsp3) is 0.556. The molecule has 0 aliphatic heterocycles. The number of aliphatic carboxylic acids is 1. The van der Waals surface area contributed by atoms with Gasteiger partial charge in [0.25, 0.3) is 0 Å². The van der Waals surface area contributed by atoms with Gasteiger partial charge in [-0.05, 0) is 6.42 Å². The molecule has 0 fully saturated rings. The first-order chi connectivity index (χ1) is 7.76. The first-order valence-electron chi connectivity index (χ1n) is 4.65. The Hall–Kier alpha value is -0.650. The minimum atomic E-state index is -1.73. The Morgan fingerprint density at radius 1 is 1.47 bits per heavy atom. The zero-order valence-electron chi connectivity index (χ0n) is 8.95. The Kier molecular flexibility index (Phi) is 7.34. The average molecular weight is 305 g/mol. The van der Waals surface area contributed by atoms with Crippen molar-refractivity contribution >= 4 is 46.9 Å². The Bertz CT molecular complexity index is 301. The van der Waals surface area contributed by atoms with Gasteiger partial charge in [-0.25, -0.2) is 9.59 Å². The van der Waals surface area contributed by atoms with E-state index in [-0.39, 0.29) is 0 Å². The lowest BCUT2D eigenvalue weighted by Crippen LogP contribution is -2.40. The summed E-state index contributed by atoms with van der Waals surface area (Å²) in [5.41, 5.74) is 0. The number of halogens is 3. The summed E-state index contributed by atoms with van der Waals surface area (Å²) in [5.74, 6) is -1.21. The number of amides is 1. The van der Waals surface area contributed by atoms with E-state index in [1.165, 1.54) is 6.08 Å². The van der Waals surface area contributed by atoms with Crippen LogP contribution in [0, 0.1) is 0 Å². The standard InChI is InChI=1S/C9H12Cl3NO4/c1-2-3-4-6(7(14)15)13-8(16)17-5-9(10,11)12/h3-4,6H,2,5H2,1H3,(H,13,16)(H,14,15)/b4-3+. The van der Waals surface area contributed by atoms with E-state index in [0.717, 1.165) is 0 Å². The Balaban J connectivity index is 4.23. The van der Waals surface area contributed by atoms with Gasteiger partial charge in [0.1, 0.15) is 12.6 Å². The molecule has 1 atom stereocenters. The van der Waals surface area contributed by atoms with Crippen molar-refractivity contribution in [1.82, 2.24) is 5.32 Å². The highest BCUT2D eigenvalue weighted by Gasteiger charge is 2.24. The predicted octanol–water partition coefficient (Wildman–Crippen LogP) is 2.50. The highest BCUT2D eigenvalue weighted by molar-refractivity contribution is 6.67. The molecule has 1 unspecified atom stereocenters. The van der Waals surface area contributed by atoms with Crippen molar-refractivity contribution in [3.8, 4) is 0 Å². The van der Waals surface area contributed by atoms with Crippen LogP contribution in [0.4, 0.5) is 4.79 Å². The van der Waals surface area contributed by atoms with Crippen molar-refractivity contribution < 1.29 is 19.4 Å². The predicted molar refractivity (Wildman–Crippen MR) is 65.6 cm³/mol. The van der Waals surface area contributed by atoms with Gasteiger partial charge in [-0.15, -0.1) is 0 Å². The smallest absolute Gasteiger partial charge is 0.408 e. The summed E-state index contributed by atoms with van der Waals surface area (Å²) in [6, 6.07) is -1.17. The van der Waals surface area contributed by atoms with E-state index >= 15 is 0 Å². The number of nitrogens with one attached hydrogen (secondary N) is 1. The number of allylic oxidation sites excluding steroid dienone is 1. The average Bonchev–Trinajstić information content (AvgIpc) is 2.19. The minimum Gasteiger partial charge on any atom is -0.479 e. The summed E-state index contributed by atoms with van der Waals surface area (Å²) >= 11 is 16.1. The molecule has 0 rings (SSSR count). The van der Waals surface area contributed by atoms with Crippen molar-refractivity contribution in [2.24, 2.45) is 0 Å². The molecule has 5 nitrogen and oxygen atoms in total. The van der Waals surface area contributed by atoms with Gasteiger partial charge in [0.05, 0.1) is 0 Å². The maximum atomic E-state index is 11.2. The molecule has 17 heavy (non-hydrogen) atoms. The molecule has 0 bridgehead atoms. The van der Waals surface area contributed by atoms with Crippen LogP contribution in [0.25, 0.3) is 0 Å². The summed E-state index contributed by atoms with van der Waals surface area (Å²) in [4.78, 5) is 21.9. The molecule has 0 radical (unpaired) electrons. The maximum absolute atomic E-state index is 11.2. The topological polar surface area (TPSA) is 75.6 Å². The zero-order chi connectivity index (χ0) is 13.5. The molecule has 0 saturated carbocycles. The zero-order valence-corrected chi connectivity index (χ0v) is 11.2. The molecule has 0 aliphatic rings.